The van der Waals surface area contributed by atoms with Crippen molar-refractivity contribution in [2.75, 3.05) is 13.1 Å². The molecule has 128 valence electrons. The third-order valence-corrected chi connectivity index (χ3v) is 5.59. The maximum atomic E-state index is 14.2. The Hall–Kier alpha value is -2.47. The second-order valence-corrected chi connectivity index (χ2v) is 7.25. The normalized spacial score (nSPS) is 17.8. The van der Waals surface area contributed by atoms with Crippen LogP contribution in [0.3, 0.4) is 0 Å². The van der Waals surface area contributed by atoms with Gasteiger partial charge in [-0.05, 0) is 42.0 Å². The lowest BCUT2D eigenvalue weighted by Gasteiger charge is -2.33. The minimum Gasteiger partial charge on any atom is -0.505 e. The van der Waals surface area contributed by atoms with E-state index in [0.29, 0.717) is 24.3 Å². The predicted octanol–water partition coefficient (Wildman–Crippen LogP) is 4.16. The molecule has 1 atom stereocenters. The van der Waals surface area contributed by atoms with E-state index in [1.165, 1.54) is 6.07 Å². The number of rotatable bonds is 2. The molecule has 0 spiro atoms. The van der Waals surface area contributed by atoms with Crippen LogP contribution in [0.15, 0.2) is 41.9 Å². The number of carbonyl (C=O) groups is 1. The van der Waals surface area contributed by atoms with Gasteiger partial charge in [0.2, 0.25) is 0 Å². The number of carbonyl (C=O) groups excluding carboxylic acids is 1. The number of aromatic hydroxyl groups is 1. The Morgan fingerprint density at radius 1 is 1.36 bits per heavy atom. The number of fused-ring (bicyclic) bond motifs is 1. The number of hydrogen-bond acceptors (Lipinski definition) is 4. The van der Waals surface area contributed by atoms with Crippen molar-refractivity contribution < 1.29 is 14.3 Å². The van der Waals surface area contributed by atoms with Gasteiger partial charge in [0.25, 0.3) is 5.91 Å². The van der Waals surface area contributed by atoms with Crippen molar-refractivity contribution in [3.63, 3.8) is 0 Å². The van der Waals surface area contributed by atoms with E-state index in [-0.39, 0.29) is 17.6 Å². The third-order valence-electron chi connectivity index (χ3n) is 4.71. The topological polar surface area (TPSA) is 53.4 Å². The summed E-state index contributed by atoms with van der Waals surface area (Å²) in [4.78, 5) is 18.8. The van der Waals surface area contributed by atoms with E-state index in [4.69, 9.17) is 0 Å². The quantitative estimate of drug-likeness (QED) is 0.750. The van der Waals surface area contributed by atoms with Crippen molar-refractivity contribution in [2.24, 2.45) is 0 Å². The van der Waals surface area contributed by atoms with Crippen LogP contribution in [0.2, 0.25) is 0 Å². The largest absolute Gasteiger partial charge is 0.505 e. The zero-order valence-corrected chi connectivity index (χ0v) is 14.3. The number of pyridine rings is 1. The molecule has 6 heteroatoms. The number of nitrogens with zero attached hydrogens (tertiary/aromatic N) is 2. The van der Waals surface area contributed by atoms with Crippen molar-refractivity contribution in [3.8, 4) is 5.75 Å². The number of phenols is 1. The Morgan fingerprint density at radius 3 is 3.12 bits per heavy atom. The van der Waals surface area contributed by atoms with Crippen LogP contribution in [0.4, 0.5) is 4.39 Å². The maximum absolute atomic E-state index is 14.2. The molecule has 25 heavy (non-hydrogen) atoms. The summed E-state index contributed by atoms with van der Waals surface area (Å²) in [5, 5.41) is 12.6. The molecule has 4 nitrogen and oxygen atoms in total. The van der Waals surface area contributed by atoms with Crippen molar-refractivity contribution in [1.82, 2.24) is 9.88 Å². The van der Waals surface area contributed by atoms with Gasteiger partial charge in [0.15, 0.2) is 11.6 Å². The highest BCUT2D eigenvalue weighted by Crippen LogP contribution is 2.32. The highest BCUT2D eigenvalue weighted by atomic mass is 32.1. The lowest BCUT2D eigenvalue weighted by molar-refractivity contribution is 0.0700. The van der Waals surface area contributed by atoms with E-state index >= 15 is 0 Å². The molecule has 0 aliphatic carbocycles. The minimum atomic E-state index is -0.583. The van der Waals surface area contributed by atoms with Crippen molar-refractivity contribution in [2.45, 2.75) is 18.8 Å². The van der Waals surface area contributed by atoms with E-state index in [1.54, 1.807) is 34.6 Å². The minimum absolute atomic E-state index is 0.115. The van der Waals surface area contributed by atoms with E-state index in [9.17, 15) is 14.3 Å². The molecule has 1 N–H and O–H groups in total. The zero-order chi connectivity index (χ0) is 17.4. The first-order chi connectivity index (χ1) is 12.1. The second kappa shape index (κ2) is 6.44. The summed E-state index contributed by atoms with van der Waals surface area (Å²) in [5.41, 5.74) is 0.895. The van der Waals surface area contributed by atoms with Crippen LogP contribution in [0, 0.1) is 5.82 Å². The molecule has 1 fully saturated rings. The van der Waals surface area contributed by atoms with Gasteiger partial charge in [0.1, 0.15) is 5.69 Å². The van der Waals surface area contributed by atoms with Crippen LogP contribution < -0.4 is 0 Å². The highest BCUT2D eigenvalue weighted by Gasteiger charge is 2.28. The SMILES string of the molecule is O=C(c1cc2sccc2cn1)N1CCCC(c2cccc(O)c2F)C1. The number of amides is 1. The number of aromatic nitrogens is 1. The fourth-order valence-corrected chi connectivity index (χ4v) is 4.20. The van der Waals surface area contributed by atoms with Gasteiger partial charge in [-0.1, -0.05) is 12.1 Å². The number of piperidine rings is 1. The van der Waals surface area contributed by atoms with Crippen LogP contribution in [0.25, 0.3) is 10.1 Å². The number of phenolic OH excluding ortho intramolecular Hbond substituents is 1. The number of likely N-dealkylation sites (tertiary alicyclic amines) is 1. The van der Waals surface area contributed by atoms with Gasteiger partial charge in [0.05, 0.1) is 0 Å². The number of hydrogen-bond donors (Lipinski definition) is 1. The fourth-order valence-electron chi connectivity index (χ4n) is 3.40. The van der Waals surface area contributed by atoms with Gasteiger partial charge in [-0.15, -0.1) is 11.3 Å². The first-order valence-electron chi connectivity index (χ1n) is 8.23. The molecule has 1 aliphatic rings. The molecule has 1 aliphatic heterocycles. The van der Waals surface area contributed by atoms with Gasteiger partial charge < -0.3 is 10.0 Å². The van der Waals surface area contributed by atoms with E-state index in [2.05, 4.69) is 4.98 Å². The Labute approximate surface area is 148 Å². The molecule has 1 amide bonds. The standard InChI is InChI=1S/C19H17FN2O2S/c20-18-14(4-1-5-16(18)23)13-3-2-7-22(11-13)19(24)15-9-17-12(10-21-15)6-8-25-17/h1,4-6,8-10,13,23H,2-3,7,11H2. The number of benzene rings is 1. The average Bonchev–Trinajstić information content (AvgIpc) is 3.11. The molecule has 0 bridgehead atoms. The molecule has 1 saturated heterocycles. The summed E-state index contributed by atoms with van der Waals surface area (Å²) in [5.74, 6) is -1.17. The summed E-state index contributed by atoms with van der Waals surface area (Å²) in [7, 11) is 0. The molecule has 3 heterocycles. The van der Waals surface area contributed by atoms with Gasteiger partial charge >= 0.3 is 0 Å². The summed E-state index contributed by atoms with van der Waals surface area (Å²) >= 11 is 1.58. The third kappa shape index (κ3) is 2.98. The maximum Gasteiger partial charge on any atom is 0.272 e. The number of halogens is 1. The predicted molar refractivity (Wildman–Crippen MR) is 95.6 cm³/mol. The molecular weight excluding hydrogens is 339 g/mol. The Kier molecular flexibility index (Phi) is 4.13. The van der Waals surface area contributed by atoms with Gasteiger partial charge in [-0.3, -0.25) is 9.78 Å². The molecule has 3 aromatic rings. The van der Waals surface area contributed by atoms with Crippen molar-refractivity contribution in [1.29, 1.82) is 0 Å². The Bertz CT molecular complexity index is 940. The lowest BCUT2D eigenvalue weighted by Crippen LogP contribution is -2.39. The van der Waals surface area contributed by atoms with Gasteiger partial charge in [0, 0.05) is 35.3 Å². The van der Waals surface area contributed by atoms with Gasteiger partial charge in [-0.2, -0.15) is 0 Å². The molecule has 2 aromatic heterocycles. The first-order valence-corrected chi connectivity index (χ1v) is 9.11. The van der Waals surface area contributed by atoms with Crippen LogP contribution in [-0.2, 0) is 0 Å². The van der Waals surface area contributed by atoms with Crippen LogP contribution >= 0.6 is 11.3 Å². The van der Waals surface area contributed by atoms with E-state index < -0.39 is 5.82 Å². The van der Waals surface area contributed by atoms with Gasteiger partial charge in [-0.25, -0.2) is 4.39 Å². The second-order valence-electron chi connectivity index (χ2n) is 6.30. The summed E-state index contributed by atoms with van der Waals surface area (Å²) in [6.07, 6.45) is 3.31. The first kappa shape index (κ1) is 16.0. The van der Waals surface area contributed by atoms with Crippen LogP contribution in [-0.4, -0.2) is 34.0 Å². The average molecular weight is 356 g/mol. The Morgan fingerprint density at radius 2 is 2.24 bits per heavy atom. The van der Waals surface area contributed by atoms with E-state index in [1.807, 2.05) is 17.5 Å². The molecular formula is C19H17FN2O2S. The van der Waals surface area contributed by atoms with Crippen molar-refractivity contribution in [3.05, 3.63) is 59.0 Å². The summed E-state index contributed by atoms with van der Waals surface area (Å²) < 4.78 is 15.2. The van der Waals surface area contributed by atoms with E-state index in [0.717, 1.165) is 22.9 Å². The number of thiophene rings is 1. The summed E-state index contributed by atoms with van der Waals surface area (Å²) in [6.45, 7) is 1.07. The highest BCUT2D eigenvalue weighted by molar-refractivity contribution is 7.17. The zero-order valence-electron chi connectivity index (χ0n) is 13.5. The fraction of sp³-hybridized carbons (Fsp3) is 0.263. The van der Waals surface area contributed by atoms with Crippen molar-refractivity contribution >= 4 is 27.3 Å². The van der Waals surface area contributed by atoms with Crippen LogP contribution in [0.1, 0.15) is 34.8 Å². The molecule has 1 aromatic carbocycles. The molecule has 4 rings (SSSR count). The molecule has 1 unspecified atom stereocenters. The summed E-state index contributed by atoms with van der Waals surface area (Å²) in [6, 6.07) is 8.46. The monoisotopic (exact) mass is 356 g/mol. The van der Waals surface area contributed by atoms with Crippen LogP contribution in [0.5, 0.6) is 5.75 Å². The smallest absolute Gasteiger partial charge is 0.272 e. The molecule has 0 saturated carbocycles. The molecule has 0 radical (unpaired) electrons. The Balaban J connectivity index is 1.58. The lowest BCUT2D eigenvalue weighted by atomic mass is 9.90.